The van der Waals surface area contributed by atoms with Gasteiger partial charge in [0.25, 0.3) is 0 Å². The largest absolute Gasteiger partial charge is 0.465 e. The molecule has 0 N–H and O–H groups in total. The van der Waals surface area contributed by atoms with Gasteiger partial charge in [-0.1, -0.05) is 6.92 Å². The molecule has 0 unspecified atom stereocenters. The van der Waals surface area contributed by atoms with Crippen molar-refractivity contribution in [2.45, 2.75) is 20.4 Å². The zero-order valence-corrected chi connectivity index (χ0v) is 11.7. The van der Waals surface area contributed by atoms with E-state index in [1.165, 1.54) is 0 Å². The number of hydrogen-bond acceptors (Lipinski definition) is 4. The van der Waals surface area contributed by atoms with Crippen LogP contribution in [0.25, 0.3) is 0 Å². The van der Waals surface area contributed by atoms with E-state index < -0.39 is 0 Å². The Hall–Kier alpha value is -0.940. The first-order chi connectivity index (χ1) is 8.15. The van der Waals surface area contributed by atoms with Gasteiger partial charge in [-0.3, -0.25) is 14.7 Å². The lowest BCUT2D eigenvalue weighted by atomic mass is 10.3. The molecule has 0 amide bonds. The molecule has 1 aromatic heterocycles. The molecule has 0 aliphatic carbocycles. The molecule has 0 atom stereocenters. The minimum atomic E-state index is -0.188. The molecular formula is C12H17BrN2O2. The van der Waals surface area contributed by atoms with Crippen molar-refractivity contribution < 1.29 is 9.53 Å². The Balaban J connectivity index is 2.51. The Bertz CT molecular complexity index is 354. The predicted octanol–water partition coefficient (Wildman–Crippen LogP) is 2.23. The van der Waals surface area contributed by atoms with E-state index in [-0.39, 0.29) is 5.97 Å². The lowest BCUT2D eigenvalue weighted by molar-refractivity contribution is -0.144. The maximum absolute atomic E-state index is 11.4. The fourth-order valence-electron chi connectivity index (χ4n) is 1.40. The average molecular weight is 301 g/mol. The van der Waals surface area contributed by atoms with Crippen LogP contribution in [-0.4, -0.2) is 35.5 Å². The summed E-state index contributed by atoms with van der Waals surface area (Å²) in [6, 6.07) is 3.89. The Morgan fingerprint density at radius 2 is 2.24 bits per heavy atom. The van der Waals surface area contributed by atoms with E-state index in [1.54, 1.807) is 6.20 Å². The highest BCUT2D eigenvalue weighted by molar-refractivity contribution is 9.10. The van der Waals surface area contributed by atoms with E-state index in [0.717, 1.165) is 16.7 Å². The SMILES string of the molecule is CCOC(=O)CN(CC)Cc1ccc(Br)cn1. The number of nitrogens with zero attached hydrogens (tertiary/aromatic N) is 2. The number of ether oxygens (including phenoxy) is 1. The number of esters is 1. The summed E-state index contributed by atoms with van der Waals surface area (Å²) >= 11 is 3.34. The second-order valence-electron chi connectivity index (χ2n) is 3.58. The molecule has 4 nitrogen and oxygen atoms in total. The topological polar surface area (TPSA) is 42.4 Å². The van der Waals surface area contributed by atoms with Crippen LogP contribution in [0.2, 0.25) is 0 Å². The minimum Gasteiger partial charge on any atom is -0.465 e. The molecule has 0 radical (unpaired) electrons. The highest BCUT2D eigenvalue weighted by atomic mass is 79.9. The molecule has 94 valence electrons. The molecule has 0 fully saturated rings. The van der Waals surface area contributed by atoms with E-state index in [1.807, 2.05) is 30.9 Å². The number of halogens is 1. The quantitative estimate of drug-likeness (QED) is 0.756. The molecule has 1 aromatic rings. The zero-order chi connectivity index (χ0) is 12.7. The fraction of sp³-hybridized carbons (Fsp3) is 0.500. The molecule has 0 bridgehead atoms. The van der Waals surface area contributed by atoms with E-state index in [0.29, 0.717) is 19.7 Å². The predicted molar refractivity (Wildman–Crippen MR) is 69.5 cm³/mol. The summed E-state index contributed by atoms with van der Waals surface area (Å²) in [5.41, 5.74) is 0.944. The standard InChI is InChI=1S/C12H17BrN2O2/c1-3-15(9-12(16)17-4-2)8-11-6-5-10(13)7-14-11/h5-7H,3-4,8-9H2,1-2H3. The summed E-state index contributed by atoms with van der Waals surface area (Å²) in [6.07, 6.45) is 1.76. The van der Waals surface area contributed by atoms with Crippen molar-refractivity contribution in [2.75, 3.05) is 19.7 Å². The third kappa shape index (κ3) is 5.28. The van der Waals surface area contributed by atoms with Crippen molar-refractivity contribution in [2.24, 2.45) is 0 Å². The molecule has 17 heavy (non-hydrogen) atoms. The van der Waals surface area contributed by atoms with Gasteiger partial charge in [0.05, 0.1) is 18.8 Å². The van der Waals surface area contributed by atoms with Crippen LogP contribution in [0.3, 0.4) is 0 Å². The van der Waals surface area contributed by atoms with Crippen molar-refractivity contribution in [3.8, 4) is 0 Å². The molecule has 1 heterocycles. The summed E-state index contributed by atoms with van der Waals surface area (Å²) in [4.78, 5) is 17.6. The third-order valence-corrected chi connectivity index (χ3v) is 2.75. The van der Waals surface area contributed by atoms with E-state index >= 15 is 0 Å². The van der Waals surface area contributed by atoms with Crippen LogP contribution in [-0.2, 0) is 16.1 Å². The highest BCUT2D eigenvalue weighted by Gasteiger charge is 2.10. The Kier molecular flexibility index (Phi) is 6.15. The van der Waals surface area contributed by atoms with Crippen LogP contribution in [0.1, 0.15) is 19.5 Å². The lowest BCUT2D eigenvalue weighted by Gasteiger charge is -2.18. The van der Waals surface area contributed by atoms with Gasteiger partial charge in [0.1, 0.15) is 0 Å². The van der Waals surface area contributed by atoms with Crippen LogP contribution in [0, 0.1) is 0 Å². The van der Waals surface area contributed by atoms with Gasteiger partial charge in [-0.15, -0.1) is 0 Å². The molecule has 0 aliphatic rings. The lowest BCUT2D eigenvalue weighted by Crippen LogP contribution is -2.30. The number of pyridine rings is 1. The van der Waals surface area contributed by atoms with Crippen molar-refractivity contribution in [3.63, 3.8) is 0 Å². The Morgan fingerprint density at radius 3 is 2.76 bits per heavy atom. The van der Waals surface area contributed by atoms with Gasteiger partial charge in [0.15, 0.2) is 0 Å². The minimum absolute atomic E-state index is 0.188. The van der Waals surface area contributed by atoms with Crippen LogP contribution in [0.15, 0.2) is 22.8 Å². The van der Waals surface area contributed by atoms with Gasteiger partial charge in [0.2, 0.25) is 0 Å². The molecule has 0 spiro atoms. The van der Waals surface area contributed by atoms with Crippen LogP contribution >= 0.6 is 15.9 Å². The summed E-state index contributed by atoms with van der Waals surface area (Å²) in [7, 11) is 0. The number of likely N-dealkylation sites (N-methyl/N-ethyl adjacent to an activating group) is 1. The Morgan fingerprint density at radius 1 is 1.47 bits per heavy atom. The number of hydrogen-bond donors (Lipinski definition) is 0. The molecule has 1 rings (SSSR count). The van der Waals surface area contributed by atoms with Crippen molar-refractivity contribution in [1.29, 1.82) is 0 Å². The van der Waals surface area contributed by atoms with Crippen LogP contribution < -0.4 is 0 Å². The summed E-state index contributed by atoms with van der Waals surface area (Å²) in [5.74, 6) is -0.188. The summed E-state index contributed by atoms with van der Waals surface area (Å²) < 4.78 is 5.88. The molecule has 0 saturated carbocycles. The summed E-state index contributed by atoms with van der Waals surface area (Å²) in [6.45, 7) is 6.00. The highest BCUT2D eigenvalue weighted by Crippen LogP contribution is 2.09. The van der Waals surface area contributed by atoms with Crippen LogP contribution in [0.4, 0.5) is 0 Å². The monoisotopic (exact) mass is 300 g/mol. The van der Waals surface area contributed by atoms with Gasteiger partial charge >= 0.3 is 5.97 Å². The van der Waals surface area contributed by atoms with Crippen LogP contribution in [0.5, 0.6) is 0 Å². The fourth-order valence-corrected chi connectivity index (χ4v) is 1.63. The van der Waals surface area contributed by atoms with Crippen molar-refractivity contribution >= 4 is 21.9 Å². The first-order valence-corrected chi connectivity index (χ1v) is 6.43. The number of carbonyl (C=O) groups is 1. The maximum Gasteiger partial charge on any atom is 0.320 e. The molecule has 0 aromatic carbocycles. The van der Waals surface area contributed by atoms with Gasteiger partial charge in [-0.05, 0) is 41.5 Å². The van der Waals surface area contributed by atoms with Gasteiger partial charge in [0, 0.05) is 17.2 Å². The number of rotatable bonds is 6. The second-order valence-corrected chi connectivity index (χ2v) is 4.49. The van der Waals surface area contributed by atoms with Gasteiger partial charge < -0.3 is 4.74 Å². The van der Waals surface area contributed by atoms with Crippen molar-refractivity contribution in [1.82, 2.24) is 9.88 Å². The van der Waals surface area contributed by atoms with E-state index in [2.05, 4.69) is 20.9 Å². The van der Waals surface area contributed by atoms with Gasteiger partial charge in [-0.25, -0.2) is 0 Å². The Labute approximate surface area is 110 Å². The third-order valence-electron chi connectivity index (χ3n) is 2.28. The first-order valence-electron chi connectivity index (χ1n) is 5.64. The molecule has 5 heteroatoms. The normalized spacial score (nSPS) is 10.6. The van der Waals surface area contributed by atoms with Gasteiger partial charge in [-0.2, -0.15) is 0 Å². The number of aromatic nitrogens is 1. The number of carbonyl (C=O) groups excluding carboxylic acids is 1. The first kappa shape index (κ1) is 14.1. The zero-order valence-electron chi connectivity index (χ0n) is 10.1. The van der Waals surface area contributed by atoms with Crippen molar-refractivity contribution in [3.05, 3.63) is 28.5 Å². The molecule has 0 saturated heterocycles. The molecular weight excluding hydrogens is 284 g/mol. The maximum atomic E-state index is 11.4. The average Bonchev–Trinajstić information content (AvgIpc) is 2.31. The summed E-state index contributed by atoms with van der Waals surface area (Å²) in [5, 5.41) is 0. The molecule has 0 aliphatic heterocycles. The smallest absolute Gasteiger partial charge is 0.320 e. The van der Waals surface area contributed by atoms with E-state index in [4.69, 9.17) is 4.74 Å². The second kappa shape index (κ2) is 7.40. The van der Waals surface area contributed by atoms with E-state index in [9.17, 15) is 4.79 Å².